The van der Waals surface area contributed by atoms with Crippen LogP contribution in [0.4, 0.5) is 0 Å². The maximum atomic E-state index is 6.71. The van der Waals surface area contributed by atoms with Gasteiger partial charge < -0.3 is 15.2 Å². The molecule has 0 aliphatic heterocycles. The molecule has 1 atom stereocenters. The van der Waals surface area contributed by atoms with Gasteiger partial charge in [0.25, 0.3) is 0 Å². The van der Waals surface area contributed by atoms with E-state index in [-0.39, 0.29) is 0 Å². The van der Waals surface area contributed by atoms with E-state index in [0.29, 0.717) is 24.7 Å². The Morgan fingerprint density at radius 1 is 0.853 bits per heavy atom. The van der Waals surface area contributed by atoms with E-state index in [1.165, 1.54) is 5.56 Å². The number of nitrogens with two attached hydrogens (primary N) is 1. The summed E-state index contributed by atoms with van der Waals surface area (Å²) in [4.78, 5) is 0. The molecule has 3 aromatic rings. The molecule has 0 saturated heterocycles. The zero-order valence-corrected chi connectivity index (χ0v) is 20.2. The van der Waals surface area contributed by atoms with Crippen molar-refractivity contribution in [1.29, 1.82) is 0 Å². The highest BCUT2D eigenvalue weighted by Crippen LogP contribution is 2.34. The number of aromatic nitrogens is 2. The number of aryl methyl sites for hydroxylation is 1. The lowest BCUT2D eigenvalue weighted by Crippen LogP contribution is -2.31. The fourth-order valence-corrected chi connectivity index (χ4v) is 4.14. The summed E-state index contributed by atoms with van der Waals surface area (Å²) < 4.78 is 12.6. The van der Waals surface area contributed by atoms with E-state index < -0.39 is 5.54 Å². The summed E-state index contributed by atoms with van der Waals surface area (Å²) in [6, 6.07) is 20.2. The fourth-order valence-electron chi connectivity index (χ4n) is 4.14. The molecule has 2 aromatic carbocycles. The van der Waals surface area contributed by atoms with E-state index >= 15 is 0 Å². The quantitative estimate of drug-likeness (QED) is 0.424. The van der Waals surface area contributed by atoms with Crippen LogP contribution in [0.5, 0.6) is 0 Å². The van der Waals surface area contributed by atoms with Gasteiger partial charge in [0, 0.05) is 22.9 Å². The summed E-state index contributed by atoms with van der Waals surface area (Å²) in [5.74, 6) is 1.37. The number of H-pyrrole nitrogens is 1. The first-order valence-electron chi connectivity index (χ1n) is 11.9. The summed E-state index contributed by atoms with van der Waals surface area (Å²) in [6.45, 7) is 7.12. The molecule has 5 nitrogen and oxygen atoms in total. The van der Waals surface area contributed by atoms with Crippen LogP contribution in [-0.2, 0) is 35.5 Å². The largest absolute Gasteiger partial charge is 0.489 e. The number of aromatic amines is 1. The Morgan fingerprint density at radius 3 is 2.06 bits per heavy atom. The summed E-state index contributed by atoms with van der Waals surface area (Å²) in [5, 5.41) is 7.89. The standard InChI is InChI=1S/C29H33N3O2/c1-4-24-26(5-2)31-32-28(24)25-18-29(3,30)17-23(33-19-21-12-8-6-9-13-21)16-27(25)34-20-22-14-10-7-11-15-22/h6-18H,4-5,19-20,30H2,1-3H3,(H,31,32). The van der Waals surface area contributed by atoms with Crippen LogP contribution in [0.15, 0.2) is 90.4 Å². The minimum Gasteiger partial charge on any atom is -0.489 e. The van der Waals surface area contributed by atoms with Crippen molar-refractivity contribution < 1.29 is 9.47 Å². The molecule has 176 valence electrons. The monoisotopic (exact) mass is 455 g/mol. The predicted molar refractivity (Wildman–Crippen MR) is 137 cm³/mol. The Morgan fingerprint density at radius 2 is 1.47 bits per heavy atom. The molecular weight excluding hydrogens is 422 g/mol. The maximum Gasteiger partial charge on any atom is 0.132 e. The lowest BCUT2D eigenvalue weighted by atomic mass is 9.95. The van der Waals surface area contributed by atoms with Gasteiger partial charge in [0.1, 0.15) is 24.7 Å². The molecule has 1 unspecified atom stereocenters. The number of allylic oxidation sites excluding steroid dienone is 2. The van der Waals surface area contributed by atoms with Gasteiger partial charge in [-0.2, -0.15) is 5.10 Å². The average molecular weight is 456 g/mol. The van der Waals surface area contributed by atoms with Crippen LogP contribution in [0.1, 0.15) is 48.8 Å². The summed E-state index contributed by atoms with van der Waals surface area (Å²) in [7, 11) is 0. The van der Waals surface area contributed by atoms with Crippen LogP contribution in [0, 0.1) is 0 Å². The normalized spacial score (nSPS) is 17.9. The van der Waals surface area contributed by atoms with Gasteiger partial charge in [0.15, 0.2) is 0 Å². The highest BCUT2D eigenvalue weighted by atomic mass is 16.5. The maximum absolute atomic E-state index is 6.71. The molecule has 0 saturated carbocycles. The van der Waals surface area contributed by atoms with Crippen molar-refractivity contribution in [1.82, 2.24) is 10.2 Å². The van der Waals surface area contributed by atoms with Crippen molar-refractivity contribution in [3.63, 3.8) is 0 Å². The number of hydrogen-bond acceptors (Lipinski definition) is 4. The Balaban J connectivity index is 1.71. The number of hydrogen-bond donors (Lipinski definition) is 2. The molecule has 4 rings (SSSR count). The lowest BCUT2D eigenvalue weighted by molar-refractivity contribution is 0.194. The van der Waals surface area contributed by atoms with Crippen LogP contribution in [-0.4, -0.2) is 15.7 Å². The van der Waals surface area contributed by atoms with Gasteiger partial charge in [0.05, 0.1) is 11.2 Å². The van der Waals surface area contributed by atoms with Crippen molar-refractivity contribution in [2.75, 3.05) is 0 Å². The molecule has 0 bridgehead atoms. The third-order valence-corrected chi connectivity index (χ3v) is 5.85. The molecule has 0 radical (unpaired) electrons. The van der Waals surface area contributed by atoms with Gasteiger partial charge in [-0.15, -0.1) is 0 Å². The number of ether oxygens (including phenoxy) is 2. The first kappa shape index (κ1) is 23.6. The Bertz CT molecular complexity index is 1190. The van der Waals surface area contributed by atoms with Gasteiger partial charge in [-0.1, -0.05) is 74.5 Å². The lowest BCUT2D eigenvalue weighted by Gasteiger charge is -2.18. The van der Waals surface area contributed by atoms with E-state index in [4.69, 9.17) is 15.2 Å². The number of benzene rings is 2. The van der Waals surface area contributed by atoms with Gasteiger partial charge in [-0.25, -0.2) is 0 Å². The fraction of sp³-hybridized carbons (Fsp3) is 0.276. The summed E-state index contributed by atoms with van der Waals surface area (Å²) in [5.41, 5.74) is 12.2. The molecule has 0 amide bonds. The van der Waals surface area contributed by atoms with Crippen molar-refractivity contribution in [3.05, 3.63) is 118 Å². The van der Waals surface area contributed by atoms with Crippen molar-refractivity contribution in [3.8, 4) is 0 Å². The second kappa shape index (κ2) is 10.6. The molecular formula is C29H33N3O2. The molecule has 1 aromatic heterocycles. The zero-order valence-electron chi connectivity index (χ0n) is 20.2. The summed E-state index contributed by atoms with van der Waals surface area (Å²) in [6.07, 6.45) is 7.65. The van der Waals surface area contributed by atoms with Gasteiger partial charge in [-0.3, -0.25) is 5.10 Å². The number of nitrogens with zero attached hydrogens (tertiary/aromatic N) is 1. The SMILES string of the molecule is CCc1[nH]nc(C2=CC(C)(N)C=C(OCc3ccccc3)C=C2OCc2ccccc2)c1CC. The first-order chi connectivity index (χ1) is 16.5. The van der Waals surface area contributed by atoms with Crippen LogP contribution in [0.2, 0.25) is 0 Å². The highest BCUT2D eigenvalue weighted by molar-refractivity contribution is 5.80. The van der Waals surface area contributed by atoms with E-state index in [9.17, 15) is 0 Å². The van der Waals surface area contributed by atoms with E-state index in [0.717, 1.165) is 40.9 Å². The molecule has 5 heteroatoms. The second-order valence-electron chi connectivity index (χ2n) is 8.76. The molecule has 1 aliphatic rings. The molecule has 0 spiro atoms. The molecule has 34 heavy (non-hydrogen) atoms. The van der Waals surface area contributed by atoms with Crippen LogP contribution in [0.3, 0.4) is 0 Å². The Hall–Kier alpha value is -3.57. The van der Waals surface area contributed by atoms with Crippen LogP contribution in [0.25, 0.3) is 5.57 Å². The predicted octanol–water partition coefficient (Wildman–Crippen LogP) is 5.85. The highest BCUT2D eigenvalue weighted by Gasteiger charge is 2.26. The number of nitrogens with one attached hydrogen (secondary N) is 1. The molecule has 3 N–H and O–H groups in total. The second-order valence-corrected chi connectivity index (χ2v) is 8.76. The zero-order chi connectivity index (χ0) is 24.0. The molecule has 0 fully saturated rings. The third-order valence-electron chi connectivity index (χ3n) is 5.85. The Kier molecular flexibility index (Phi) is 7.33. The molecule has 1 heterocycles. The number of rotatable bonds is 9. The van der Waals surface area contributed by atoms with Gasteiger partial charge >= 0.3 is 0 Å². The van der Waals surface area contributed by atoms with E-state index in [1.807, 2.05) is 73.7 Å². The van der Waals surface area contributed by atoms with Crippen LogP contribution >= 0.6 is 0 Å². The third kappa shape index (κ3) is 5.67. The minimum absolute atomic E-state index is 0.434. The van der Waals surface area contributed by atoms with Crippen molar-refractivity contribution in [2.24, 2.45) is 5.73 Å². The topological polar surface area (TPSA) is 73.2 Å². The van der Waals surface area contributed by atoms with Crippen LogP contribution < -0.4 is 5.73 Å². The van der Waals surface area contributed by atoms with Gasteiger partial charge in [-0.05, 0) is 43.0 Å². The van der Waals surface area contributed by atoms with E-state index in [2.05, 4.69) is 36.2 Å². The van der Waals surface area contributed by atoms with Crippen molar-refractivity contribution >= 4 is 5.57 Å². The van der Waals surface area contributed by atoms with Gasteiger partial charge in [0.2, 0.25) is 0 Å². The smallest absolute Gasteiger partial charge is 0.132 e. The minimum atomic E-state index is -0.744. The first-order valence-corrected chi connectivity index (χ1v) is 11.9. The molecule has 1 aliphatic carbocycles. The van der Waals surface area contributed by atoms with Crippen molar-refractivity contribution in [2.45, 2.75) is 52.4 Å². The summed E-state index contributed by atoms with van der Waals surface area (Å²) >= 11 is 0. The average Bonchev–Trinajstić information content (AvgIpc) is 3.22. The van der Waals surface area contributed by atoms with E-state index in [1.54, 1.807) is 0 Å². The Labute approximate surface area is 202 Å².